The largest absolute Gasteiger partial charge is 0.465 e. The summed E-state index contributed by atoms with van der Waals surface area (Å²) in [4.78, 5) is 51.2. The molecule has 9 heteroatoms. The van der Waals surface area contributed by atoms with Crippen LogP contribution in [0, 0.1) is 5.92 Å². The van der Waals surface area contributed by atoms with Crippen LogP contribution in [-0.4, -0.2) is 60.8 Å². The highest BCUT2D eigenvalue weighted by Gasteiger charge is 2.50. The fourth-order valence-corrected chi connectivity index (χ4v) is 4.42. The second-order valence-corrected chi connectivity index (χ2v) is 8.75. The molecule has 2 amide bonds. The van der Waals surface area contributed by atoms with Crippen LogP contribution >= 0.6 is 0 Å². The highest BCUT2D eigenvalue weighted by atomic mass is 16.6. The molecule has 4 rings (SSSR count). The third-order valence-electron chi connectivity index (χ3n) is 6.28. The van der Waals surface area contributed by atoms with Crippen LogP contribution in [0.25, 0.3) is 0 Å². The predicted octanol–water partition coefficient (Wildman–Crippen LogP) is 3.10. The summed E-state index contributed by atoms with van der Waals surface area (Å²) in [6.45, 7) is 5.00. The van der Waals surface area contributed by atoms with Crippen LogP contribution in [-0.2, 0) is 28.7 Å². The average Bonchev–Trinajstić information content (AvgIpc) is 2.92. The van der Waals surface area contributed by atoms with Gasteiger partial charge in [-0.15, -0.1) is 0 Å². The summed E-state index contributed by atoms with van der Waals surface area (Å²) in [5, 5.41) is 10.3. The SMILES string of the molecule is CCOC(=O)C1(O)CCCN(c2ccccc2)C1=O.CCOC(=O)C1CCCN(c2ccccc2)C1=O. The molecule has 2 fully saturated rings. The van der Waals surface area contributed by atoms with Crippen LogP contribution in [0.3, 0.4) is 0 Å². The zero-order valence-corrected chi connectivity index (χ0v) is 21.3. The molecular formula is C28H34N2O7. The van der Waals surface area contributed by atoms with Crippen molar-refractivity contribution in [3.05, 3.63) is 60.7 Å². The van der Waals surface area contributed by atoms with Gasteiger partial charge in [-0.1, -0.05) is 36.4 Å². The fraction of sp³-hybridized carbons (Fsp3) is 0.429. The summed E-state index contributed by atoms with van der Waals surface area (Å²) in [7, 11) is 0. The molecule has 2 aliphatic rings. The monoisotopic (exact) mass is 510 g/mol. The molecule has 37 heavy (non-hydrogen) atoms. The van der Waals surface area contributed by atoms with Crippen molar-refractivity contribution >= 4 is 35.1 Å². The normalized spacial score (nSPS) is 21.5. The van der Waals surface area contributed by atoms with Crippen molar-refractivity contribution in [1.29, 1.82) is 0 Å². The number of benzene rings is 2. The van der Waals surface area contributed by atoms with Crippen molar-refractivity contribution < 1.29 is 33.8 Å². The Balaban J connectivity index is 0.000000206. The van der Waals surface area contributed by atoms with E-state index in [1.54, 1.807) is 43.0 Å². The third-order valence-corrected chi connectivity index (χ3v) is 6.28. The van der Waals surface area contributed by atoms with Gasteiger partial charge in [-0.2, -0.15) is 0 Å². The number of carbonyl (C=O) groups is 4. The average molecular weight is 511 g/mol. The van der Waals surface area contributed by atoms with Gasteiger partial charge in [-0.25, -0.2) is 4.79 Å². The van der Waals surface area contributed by atoms with Crippen molar-refractivity contribution in [1.82, 2.24) is 0 Å². The molecule has 0 saturated carbocycles. The van der Waals surface area contributed by atoms with Crippen LogP contribution in [0.1, 0.15) is 39.5 Å². The summed E-state index contributed by atoms with van der Waals surface area (Å²) in [5.74, 6) is -2.66. The molecule has 0 aromatic heterocycles. The lowest BCUT2D eigenvalue weighted by molar-refractivity contribution is -0.172. The number of piperidine rings is 2. The van der Waals surface area contributed by atoms with Crippen LogP contribution in [0.15, 0.2) is 60.7 Å². The zero-order valence-electron chi connectivity index (χ0n) is 21.3. The van der Waals surface area contributed by atoms with Gasteiger partial charge in [-0.05, 0) is 63.8 Å². The van der Waals surface area contributed by atoms with E-state index in [9.17, 15) is 24.3 Å². The van der Waals surface area contributed by atoms with E-state index in [1.165, 1.54) is 4.90 Å². The number of aliphatic hydroxyl groups is 1. The molecule has 0 aliphatic carbocycles. The predicted molar refractivity (Wildman–Crippen MR) is 138 cm³/mol. The number of amides is 2. The molecular weight excluding hydrogens is 476 g/mol. The number of hydrogen-bond donors (Lipinski definition) is 1. The first-order chi connectivity index (χ1) is 17.8. The van der Waals surface area contributed by atoms with E-state index >= 15 is 0 Å². The minimum atomic E-state index is -2.05. The van der Waals surface area contributed by atoms with Gasteiger partial charge in [0.1, 0.15) is 5.92 Å². The highest BCUT2D eigenvalue weighted by Crippen LogP contribution is 2.28. The van der Waals surface area contributed by atoms with Crippen molar-refractivity contribution in [2.24, 2.45) is 5.92 Å². The van der Waals surface area contributed by atoms with E-state index in [2.05, 4.69) is 0 Å². The van der Waals surface area contributed by atoms with E-state index in [4.69, 9.17) is 9.47 Å². The molecule has 2 atom stereocenters. The Morgan fingerprint density at radius 3 is 1.97 bits per heavy atom. The smallest absolute Gasteiger partial charge is 0.348 e. The number of esters is 2. The molecule has 2 saturated heterocycles. The maximum Gasteiger partial charge on any atom is 0.348 e. The maximum absolute atomic E-state index is 12.3. The number of rotatable bonds is 6. The van der Waals surface area contributed by atoms with Gasteiger partial charge >= 0.3 is 11.9 Å². The summed E-state index contributed by atoms with van der Waals surface area (Å²) < 4.78 is 9.75. The van der Waals surface area contributed by atoms with Gasteiger partial charge in [0.05, 0.1) is 13.2 Å². The number of hydrogen-bond acceptors (Lipinski definition) is 7. The molecule has 198 valence electrons. The number of nitrogens with zero attached hydrogens (tertiary/aromatic N) is 2. The van der Waals surface area contributed by atoms with Gasteiger partial charge in [0.2, 0.25) is 11.5 Å². The Labute approximate surface area is 217 Å². The van der Waals surface area contributed by atoms with Gasteiger partial charge in [-0.3, -0.25) is 14.4 Å². The Bertz CT molecular complexity index is 1080. The first kappa shape index (κ1) is 27.9. The molecule has 2 aromatic carbocycles. The zero-order chi connectivity index (χ0) is 26.8. The van der Waals surface area contributed by atoms with Crippen LogP contribution in [0.4, 0.5) is 11.4 Å². The van der Waals surface area contributed by atoms with Crippen molar-refractivity contribution in [3.63, 3.8) is 0 Å². The second kappa shape index (κ2) is 13.0. The summed E-state index contributed by atoms with van der Waals surface area (Å²) in [6, 6.07) is 18.4. The van der Waals surface area contributed by atoms with Crippen molar-refractivity contribution in [3.8, 4) is 0 Å². The molecule has 1 N–H and O–H groups in total. The molecule has 2 aliphatic heterocycles. The van der Waals surface area contributed by atoms with Crippen LogP contribution < -0.4 is 9.80 Å². The van der Waals surface area contributed by atoms with Crippen LogP contribution in [0.2, 0.25) is 0 Å². The third kappa shape index (κ3) is 6.54. The molecule has 0 spiro atoms. The molecule has 0 radical (unpaired) electrons. The number of carbonyl (C=O) groups excluding carboxylic acids is 4. The Morgan fingerprint density at radius 1 is 0.865 bits per heavy atom. The maximum atomic E-state index is 12.3. The first-order valence-electron chi connectivity index (χ1n) is 12.6. The minimum absolute atomic E-state index is 0.105. The Hall–Kier alpha value is -3.72. The van der Waals surface area contributed by atoms with Gasteiger partial charge in [0.15, 0.2) is 0 Å². The highest BCUT2D eigenvalue weighted by molar-refractivity contribution is 6.13. The second-order valence-electron chi connectivity index (χ2n) is 8.75. The fourth-order valence-electron chi connectivity index (χ4n) is 4.42. The molecule has 2 aromatic rings. The summed E-state index contributed by atoms with van der Waals surface area (Å²) >= 11 is 0. The van der Waals surface area contributed by atoms with Gasteiger partial charge < -0.3 is 24.4 Å². The number of para-hydroxylation sites is 2. The van der Waals surface area contributed by atoms with E-state index < -0.39 is 29.4 Å². The van der Waals surface area contributed by atoms with Crippen molar-refractivity contribution in [2.75, 3.05) is 36.1 Å². The molecule has 2 unspecified atom stereocenters. The lowest BCUT2D eigenvalue weighted by atomic mass is 9.91. The van der Waals surface area contributed by atoms with E-state index in [1.807, 2.05) is 36.4 Å². The van der Waals surface area contributed by atoms with E-state index in [-0.39, 0.29) is 18.9 Å². The molecule has 2 heterocycles. The quantitative estimate of drug-likeness (QED) is 0.469. The Morgan fingerprint density at radius 2 is 1.41 bits per heavy atom. The number of anilines is 2. The topological polar surface area (TPSA) is 113 Å². The van der Waals surface area contributed by atoms with Gasteiger partial charge in [0.25, 0.3) is 5.91 Å². The van der Waals surface area contributed by atoms with Gasteiger partial charge in [0, 0.05) is 24.5 Å². The van der Waals surface area contributed by atoms with E-state index in [0.717, 1.165) is 12.1 Å². The summed E-state index contributed by atoms with van der Waals surface area (Å²) in [6.07, 6.45) is 2.06. The molecule has 9 nitrogen and oxygen atoms in total. The molecule has 0 bridgehead atoms. The Kier molecular flexibility index (Phi) is 9.79. The summed E-state index contributed by atoms with van der Waals surface area (Å²) in [5.41, 5.74) is -0.532. The minimum Gasteiger partial charge on any atom is -0.465 e. The van der Waals surface area contributed by atoms with E-state index in [0.29, 0.717) is 38.2 Å². The number of ether oxygens (including phenoxy) is 2. The lowest BCUT2D eigenvalue weighted by Gasteiger charge is -2.36. The first-order valence-corrected chi connectivity index (χ1v) is 12.6. The lowest BCUT2D eigenvalue weighted by Crippen LogP contribution is -2.58. The standard InChI is InChI=1S/C14H17NO4.C14H17NO3/c1-2-19-13(17)14(18)9-6-10-15(12(14)16)11-7-4-3-5-8-11;1-2-18-14(17)12-9-6-10-15(13(12)16)11-7-4-3-5-8-11/h3-5,7-8,18H,2,6,9-10H2,1H3;3-5,7-8,12H,2,6,9-10H2,1H3. The van der Waals surface area contributed by atoms with Crippen molar-refractivity contribution in [2.45, 2.75) is 45.1 Å². The van der Waals surface area contributed by atoms with Crippen LogP contribution in [0.5, 0.6) is 0 Å².